The van der Waals surface area contributed by atoms with E-state index in [2.05, 4.69) is 16.0 Å². The molecule has 1 atom stereocenters. The molecule has 3 aromatic rings. The fraction of sp³-hybridized carbons (Fsp3) is 0.192. The summed E-state index contributed by atoms with van der Waals surface area (Å²) >= 11 is 6.25. The van der Waals surface area contributed by atoms with E-state index in [4.69, 9.17) is 16.3 Å². The van der Waals surface area contributed by atoms with Crippen molar-refractivity contribution in [3.8, 4) is 5.75 Å². The zero-order valence-electron chi connectivity index (χ0n) is 20.0. The lowest BCUT2D eigenvalue weighted by Crippen LogP contribution is -2.25. The summed E-state index contributed by atoms with van der Waals surface area (Å²) < 4.78 is 73.2. The van der Waals surface area contributed by atoms with Crippen molar-refractivity contribution in [1.82, 2.24) is 10.6 Å². The number of carbonyl (C=O) groups excluding carboxylic acids is 3. The van der Waals surface area contributed by atoms with Crippen molar-refractivity contribution in [1.29, 1.82) is 0 Å². The number of alkyl halides is 3. The van der Waals surface area contributed by atoms with E-state index < -0.39 is 46.8 Å². The molecule has 1 heterocycles. The van der Waals surface area contributed by atoms with Crippen molar-refractivity contribution >= 4 is 35.0 Å². The fourth-order valence-electron chi connectivity index (χ4n) is 4.04. The summed E-state index contributed by atoms with van der Waals surface area (Å²) in [6.07, 6.45) is -4.91. The predicted octanol–water partition coefficient (Wildman–Crippen LogP) is 5.24. The zero-order valence-corrected chi connectivity index (χ0v) is 20.8. The van der Waals surface area contributed by atoms with Gasteiger partial charge in [0, 0.05) is 34.7 Å². The smallest absolute Gasteiger partial charge is 0.416 e. The molecule has 1 aliphatic rings. The monoisotopic (exact) mass is 567 g/mol. The molecule has 0 aliphatic carbocycles. The first-order valence-corrected chi connectivity index (χ1v) is 11.7. The Morgan fingerprint density at radius 2 is 1.79 bits per heavy atom. The molecule has 204 valence electrons. The first-order chi connectivity index (χ1) is 18.3. The molecule has 39 heavy (non-hydrogen) atoms. The molecule has 0 saturated heterocycles. The van der Waals surface area contributed by atoms with Gasteiger partial charge in [-0.1, -0.05) is 11.6 Å². The highest BCUT2D eigenvalue weighted by Gasteiger charge is 2.36. The van der Waals surface area contributed by atoms with Crippen LogP contribution in [0, 0.1) is 11.6 Å². The van der Waals surface area contributed by atoms with Gasteiger partial charge >= 0.3 is 6.18 Å². The molecule has 1 unspecified atom stereocenters. The maximum atomic E-state index is 14.1. The third-order valence-electron chi connectivity index (χ3n) is 5.71. The molecule has 0 spiro atoms. The van der Waals surface area contributed by atoms with Crippen LogP contribution < -0.4 is 20.7 Å². The summed E-state index contributed by atoms with van der Waals surface area (Å²) in [5, 5.41) is 7.67. The van der Waals surface area contributed by atoms with Gasteiger partial charge in [0.1, 0.15) is 24.0 Å². The van der Waals surface area contributed by atoms with Crippen molar-refractivity contribution < 1.29 is 41.1 Å². The minimum absolute atomic E-state index is 0.0166. The first kappa shape index (κ1) is 27.8. The van der Waals surface area contributed by atoms with E-state index in [1.54, 1.807) is 0 Å². The Labute approximate surface area is 223 Å². The van der Waals surface area contributed by atoms with Crippen LogP contribution >= 0.6 is 11.6 Å². The summed E-state index contributed by atoms with van der Waals surface area (Å²) in [6, 6.07) is 6.45. The first-order valence-electron chi connectivity index (χ1n) is 11.3. The Kier molecular flexibility index (Phi) is 7.77. The lowest BCUT2D eigenvalue weighted by atomic mass is 9.95. The normalized spacial score (nSPS) is 14.4. The van der Waals surface area contributed by atoms with Crippen molar-refractivity contribution in [2.45, 2.75) is 19.1 Å². The van der Waals surface area contributed by atoms with Gasteiger partial charge in [-0.05, 0) is 42.5 Å². The van der Waals surface area contributed by atoms with Crippen LogP contribution in [-0.4, -0.2) is 30.9 Å². The van der Waals surface area contributed by atoms with E-state index in [1.165, 1.54) is 25.1 Å². The quantitative estimate of drug-likeness (QED) is 0.269. The number of anilines is 1. The van der Waals surface area contributed by atoms with Gasteiger partial charge in [-0.15, -0.1) is 0 Å². The molecule has 0 bridgehead atoms. The van der Waals surface area contributed by atoms with Gasteiger partial charge < -0.3 is 20.7 Å². The molecule has 13 heteroatoms. The summed E-state index contributed by atoms with van der Waals surface area (Å²) in [5.41, 5.74) is -1.76. The average molecular weight is 568 g/mol. The highest BCUT2D eigenvalue weighted by molar-refractivity contribution is 6.31. The highest BCUT2D eigenvalue weighted by atomic mass is 35.5. The second-order valence-corrected chi connectivity index (χ2v) is 8.92. The summed E-state index contributed by atoms with van der Waals surface area (Å²) in [5.74, 6) is -3.89. The van der Waals surface area contributed by atoms with Crippen molar-refractivity contribution in [2.75, 3.05) is 18.5 Å². The van der Waals surface area contributed by atoms with Crippen LogP contribution in [0.25, 0.3) is 0 Å². The SMILES string of the molecule is CC(=O)NCCOc1cc(NC(=O)c2cc(F)cc(C(F)(F)F)c2)c2c(c1)C(=O)NC2c1cc(F)ccc1Cl. The van der Waals surface area contributed by atoms with E-state index >= 15 is 0 Å². The Morgan fingerprint density at radius 1 is 1.05 bits per heavy atom. The molecule has 0 radical (unpaired) electrons. The van der Waals surface area contributed by atoms with E-state index in [0.29, 0.717) is 12.1 Å². The molecule has 0 fully saturated rings. The summed E-state index contributed by atoms with van der Waals surface area (Å²) in [4.78, 5) is 37.0. The minimum Gasteiger partial charge on any atom is -0.492 e. The van der Waals surface area contributed by atoms with Crippen LogP contribution in [0.1, 0.15) is 50.4 Å². The fourth-order valence-corrected chi connectivity index (χ4v) is 4.26. The molecule has 1 aliphatic heterocycles. The molecule has 3 N–H and O–H groups in total. The number of fused-ring (bicyclic) bond motifs is 1. The number of carbonyl (C=O) groups is 3. The topological polar surface area (TPSA) is 96.5 Å². The van der Waals surface area contributed by atoms with Gasteiger partial charge in [-0.3, -0.25) is 14.4 Å². The Bertz CT molecular complexity index is 1480. The van der Waals surface area contributed by atoms with Crippen LogP contribution in [0.2, 0.25) is 5.02 Å². The molecular formula is C26H19ClF5N3O4. The molecule has 7 nitrogen and oxygen atoms in total. The molecule has 3 amide bonds. The number of hydrogen-bond acceptors (Lipinski definition) is 4. The van der Waals surface area contributed by atoms with Crippen molar-refractivity contribution in [3.05, 3.63) is 93.0 Å². The largest absolute Gasteiger partial charge is 0.492 e. The molecule has 3 aromatic carbocycles. The number of nitrogens with one attached hydrogen (secondary N) is 3. The standard InChI is InChI=1S/C26H19ClF5N3O4/c1-12(36)33-4-5-39-17-10-19-22(23(35-25(19)38)18-9-15(28)2-3-20(18)27)21(11-17)34-24(37)13-6-14(26(30,31)32)8-16(29)7-13/h2-3,6-11,23H,4-5H2,1H3,(H,33,36)(H,34,37)(H,35,38). The van der Waals surface area contributed by atoms with E-state index in [-0.39, 0.29) is 58.3 Å². The predicted molar refractivity (Wildman–Crippen MR) is 131 cm³/mol. The van der Waals surface area contributed by atoms with Crippen molar-refractivity contribution in [3.63, 3.8) is 0 Å². The second-order valence-electron chi connectivity index (χ2n) is 8.52. The van der Waals surface area contributed by atoms with Crippen molar-refractivity contribution in [2.24, 2.45) is 0 Å². The maximum Gasteiger partial charge on any atom is 0.416 e. The molecule has 0 saturated carbocycles. The Hall–Kier alpha value is -4.19. The third kappa shape index (κ3) is 6.28. The number of amides is 3. The summed E-state index contributed by atoms with van der Waals surface area (Å²) in [7, 11) is 0. The zero-order chi connectivity index (χ0) is 28.5. The lowest BCUT2D eigenvalue weighted by molar-refractivity contribution is -0.137. The van der Waals surface area contributed by atoms with Crippen LogP contribution in [0.15, 0.2) is 48.5 Å². The van der Waals surface area contributed by atoms with Crippen LogP contribution in [-0.2, 0) is 11.0 Å². The van der Waals surface area contributed by atoms with E-state index in [9.17, 15) is 36.3 Å². The Balaban J connectivity index is 1.77. The second kappa shape index (κ2) is 10.9. The molecular weight excluding hydrogens is 549 g/mol. The van der Waals surface area contributed by atoms with E-state index in [0.717, 1.165) is 12.1 Å². The van der Waals surface area contributed by atoms with Crippen LogP contribution in [0.5, 0.6) is 5.75 Å². The number of rotatable bonds is 7. The van der Waals surface area contributed by atoms with Crippen LogP contribution in [0.3, 0.4) is 0 Å². The minimum atomic E-state index is -4.91. The molecule has 4 rings (SSSR count). The third-order valence-corrected chi connectivity index (χ3v) is 6.06. The van der Waals surface area contributed by atoms with Gasteiger partial charge in [-0.25, -0.2) is 8.78 Å². The molecule has 0 aromatic heterocycles. The summed E-state index contributed by atoms with van der Waals surface area (Å²) in [6.45, 7) is 1.40. The van der Waals surface area contributed by atoms with Gasteiger partial charge in [0.25, 0.3) is 11.8 Å². The van der Waals surface area contributed by atoms with Gasteiger partial charge in [-0.2, -0.15) is 13.2 Å². The number of ether oxygens (including phenoxy) is 1. The highest BCUT2D eigenvalue weighted by Crippen LogP contribution is 2.41. The number of hydrogen-bond donors (Lipinski definition) is 3. The lowest BCUT2D eigenvalue weighted by Gasteiger charge is -2.19. The van der Waals surface area contributed by atoms with E-state index in [1.807, 2.05) is 0 Å². The van der Waals surface area contributed by atoms with Gasteiger partial charge in [0.05, 0.1) is 29.4 Å². The maximum absolute atomic E-state index is 14.1. The number of benzene rings is 3. The van der Waals surface area contributed by atoms with Gasteiger partial charge in [0.2, 0.25) is 5.91 Å². The Morgan fingerprint density at radius 3 is 2.49 bits per heavy atom. The number of halogens is 6. The van der Waals surface area contributed by atoms with Crippen LogP contribution in [0.4, 0.5) is 27.6 Å². The van der Waals surface area contributed by atoms with Gasteiger partial charge in [0.15, 0.2) is 0 Å². The average Bonchev–Trinajstić information content (AvgIpc) is 3.18.